The molecule has 1 aliphatic heterocycles. The molecule has 4 nitrogen and oxygen atoms in total. The number of fused-ring (bicyclic) bond motifs is 1. The fourth-order valence-corrected chi connectivity index (χ4v) is 4.68. The second-order valence-electron chi connectivity index (χ2n) is 8.71. The van der Waals surface area contributed by atoms with Gasteiger partial charge >= 0.3 is 0 Å². The van der Waals surface area contributed by atoms with Gasteiger partial charge in [0.25, 0.3) is 0 Å². The summed E-state index contributed by atoms with van der Waals surface area (Å²) in [5, 5.41) is 7.16. The number of allylic oxidation sites excluding steroid dienone is 1. The summed E-state index contributed by atoms with van der Waals surface area (Å²) in [7, 11) is 4.03. The number of ketones is 1. The number of nitrogens with one attached hydrogen (secondary N) is 2. The van der Waals surface area contributed by atoms with Gasteiger partial charge in [-0.1, -0.05) is 36.4 Å². The summed E-state index contributed by atoms with van der Waals surface area (Å²) in [6.07, 6.45) is 1.12. The van der Waals surface area contributed by atoms with Crippen LogP contribution < -0.4 is 15.5 Å². The molecule has 0 saturated heterocycles. The van der Waals surface area contributed by atoms with Crippen LogP contribution in [0.15, 0.2) is 84.1 Å². The van der Waals surface area contributed by atoms with Gasteiger partial charge in [-0.2, -0.15) is 0 Å². The van der Waals surface area contributed by atoms with Crippen LogP contribution in [0.4, 0.5) is 21.5 Å². The van der Waals surface area contributed by atoms with E-state index in [0.29, 0.717) is 12.8 Å². The van der Waals surface area contributed by atoms with Gasteiger partial charge in [0.05, 0.1) is 17.4 Å². The zero-order chi connectivity index (χ0) is 22.2. The second kappa shape index (κ2) is 8.15. The number of carbonyl (C=O) groups is 1. The van der Waals surface area contributed by atoms with Crippen LogP contribution in [0.25, 0.3) is 0 Å². The van der Waals surface area contributed by atoms with Crippen molar-refractivity contribution in [3.63, 3.8) is 0 Å². The first-order valence-electron chi connectivity index (χ1n) is 10.9. The summed E-state index contributed by atoms with van der Waals surface area (Å²) in [6.45, 7) is 0. The molecule has 2 aliphatic rings. The molecule has 5 heteroatoms. The minimum atomic E-state index is -0.261. The number of hydrogen-bond acceptors (Lipinski definition) is 4. The van der Waals surface area contributed by atoms with E-state index in [0.717, 1.165) is 39.5 Å². The third-order valence-electron chi connectivity index (χ3n) is 6.39. The lowest BCUT2D eigenvalue weighted by molar-refractivity contribution is -0.116. The lowest BCUT2D eigenvalue weighted by atomic mass is 9.78. The zero-order valence-corrected chi connectivity index (χ0v) is 18.2. The maximum atomic E-state index is 13.5. The van der Waals surface area contributed by atoms with E-state index in [9.17, 15) is 9.18 Å². The van der Waals surface area contributed by atoms with Crippen molar-refractivity contribution in [3.05, 3.63) is 101 Å². The molecule has 3 aromatic carbocycles. The maximum Gasteiger partial charge on any atom is 0.163 e. The summed E-state index contributed by atoms with van der Waals surface area (Å²) in [5.41, 5.74) is 6.81. The summed E-state index contributed by atoms with van der Waals surface area (Å²) in [6, 6.07) is 22.7. The molecule has 0 saturated carbocycles. The van der Waals surface area contributed by atoms with Crippen molar-refractivity contribution < 1.29 is 9.18 Å². The normalized spacial score (nSPS) is 19.9. The Balaban J connectivity index is 1.58. The first kappa shape index (κ1) is 20.3. The van der Waals surface area contributed by atoms with E-state index in [-0.39, 0.29) is 23.6 Å². The largest absolute Gasteiger partial charge is 0.378 e. The van der Waals surface area contributed by atoms with E-state index in [1.165, 1.54) is 12.1 Å². The van der Waals surface area contributed by atoms with Crippen LogP contribution >= 0.6 is 0 Å². The van der Waals surface area contributed by atoms with Gasteiger partial charge in [-0.3, -0.25) is 4.79 Å². The molecule has 0 fully saturated rings. The first-order valence-corrected chi connectivity index (χ1v) is 10.9. The van der Waals surface area contributed by atoms with Gasteiger partial charge in [-0.25, -0.2) is 4.39 Å². The van der Waals surface area contributed by atoms with Crippen LogP contribution in [0.1, 0.15) is 35.9 Å². The monoisotopic (exact) mass is 427 g/mol. The summed E-state index contributed by atoms with van der Waals surface area (Å²) >= 11 is 0. The smallest absolute Gasteiger partial charge is 0.163 e. The molecular formula is C27H26FN3O. The van der Waals surface area contributed by atoms with Crippen LogP contribution in [-0.2, 0) is 4.79 Å². The van der Waals surface area contributed by atoms with Crippen molar-refractivity contribution in [2.24, 2.45) is 0 Å². The highest BCUT2D eigenvalue weighted by atomic mass is 19.1. The number of halogens is 1. The molecule has 0 amide bonds. The Morgan fingerprint density at radius 1 is 0.844 bits per heavy atom. The molecule has 1 heterocycles. The van der Waals surface area contributed by atoms with Crippen molar-refractivity contribution >= 4 is 22.8 Å². The lowest BCUT2D eigenvalue weighted by Crippen LogP contribution is -2.27. The predicted octanol–water partition coefficient (Wildman–Crippen LogP) is 5.87. The van der Waals surface area contributed by atoms with Crippen molar-refractivity contribution in [2.75, 3.05) is 29.6 Å². The Bertz CT molecular complexity index is 1180. The van der Waals surface area contributed by atoms with Crippen LogP contribution in [0.2, 0.25) is 0 Å². The molecule has 2 N–H and O–H groups in total. The van der Waals surface area contributed by atoms with Crippen LogP contribution in [-0.4, -0.2) is 19.9 Å². The van der Waals surface area contributed by atoms with Crippen LogP contribution in [0.3, 0.4) is 0 Å². The van der Waals surface area contributed by atoms with E-state index in [4.69, 9.17) is 0 Å². The average molecular weight is 428 g/mol. The topological polar surface area (TPSA) is 44.4 Å². The van der Waals surface area contributed by atoms with E-state index < -0.39 is 0 Å². The average Bonchev–Trinajstić information content (AvgIpc) is 2.96. The Hall–Kier alpha value is -3.60. The maximum absolute atomic E-state index is 13.5. The van der Waals surface area contributed by atoms with Gasteiger partial charge in [0.15, 0.2) is 5.78 Å². The fourth-order valence-electron chi connectivity index (χ4n) is 4.68. The first-order chi connectivity index (χ1) is 15.5. The molecule has 162 valence electrons. The number of rotatable bonds is 3. The molecule has 1 aliphatic carbocycles. The number of anilines is 3. The standard InChI is InChI=1S/C27H26FN3O/c1-31(2)21-13-9-18(10-14-21)27-26-24(29-22-5-3-4-6-23(22)30-27)15-19(16-25(26)32)17-7-11-20(28)12-8-17/h3-14,19,27,29-30H,15-16H2,1-2H3. The van der Waals surface area contributed by atoms with Gasteiger partial charge in [-0.05, 0) is 59.9 Å². The molecule has 32 heavy (non-hydrogen) atoms. The molecule has 0 radical (unpaired) electrons. The summed E-state index contributed by atoms with van der Waals surface area (Å²) < 4.78 is 13.4. The minimum Gasteiger partial charge on any atom is -0.378 e. The van der Waals surface area contributed by atoms with E-state index in [2.05, 4.69) is 39.8 Å². The van der Waals surface area contributed by atoms with Gasteiger partial charge in [-0.15, -0.1) is 0 Å². The zero-order valence-electron chi connectivity index (χ0n) is 18.2. The molecule has 0 aromatic heterocycles. The van der Waals surface area contributed by atoms with E-state index in [1.54, 1.807) is 12.1 Å². The third-order valence-corrected chi connectivity index (χ3v) is 6.39. The highest BCUT2D eigenvalue weighted by molar-refractivity contribution is 6.01. The van der Waals surface area contributed by atoms with Gasteiger partial charge in [0, 0.05) is 37.5 Å². The van der Waals surface area contributed by atoms with Crippen molar-refractivity contribution in [3.8, 4) is 0 Å². The molecule has 0 spiro atoms. The van der Waals surface area contributed by atoms with Crippen molar-refractivity contribution in [2.45, 2.75) is 24.8 Å². The number of para-hydroxylation sites is 2. The number of Topliss-reactive ketones (excluding diaryl/α,β-unsaturated/α-hetero) is 1. The number of nitrogens with zero attached hydrogens (tertiary/aromatic N) is 1. The Labute approximate surface area is 187 Å². The fraction of sp³-hybridized carbons (Fsp3) is 0.222. The van der Waals surface area contributed by atoms with Crippen LogP contribution in [0, 0.1) is 5.82 Å². The van der Waals surface area contributed by atoms with Gasteiger partial charge in [0.1, 0.15) is 5.82 Å². The Morgan fingerprint density at radius 2 is 1.50 bits per heavy atom. The van der Waals surface area contributed by atoms with Gasteiger partial charge < -0.3 is 15.5 Å². The number of carbonyl (C=O) groups excluding carboxylic acids is 1. The Kier molecular flexibility index (Phi) is 5.17. The molecule has 5 rings (SSSR count). The highest BCUT2D eigenvalue weighted by Crippen LogP contribution is 2.44. The van der Waals surface area contributed by atoms with Gasteiger partial charge in [0.2, 0.25) is 0 Å². The second-order valence-corrected chi connectivity index (χ2v) is 8.71. The molecular weight excluding hydrogens is 401 g/mol. The van der Waals surface area contributed by atoms with Crippen molar-refractivity contribution in [1.29, 1.82) is 0 Å². The predicted molar refractivity (Wildman–Crippen MR) is 128 cm³/mol. The Morgan fingerprint density at radius 3 is 2.19 bits per heavy atom. The molecule has 2 atom stereocenters. The molecule has 0 bridgehead atoms. The van der Waals surface area contributed by atoms with E-state index in [1.807, 2.05) is 38.4 Å². The minimum absolute atomic E-state index is 0.0244. The SMILES string of the molecule is CN(C)c1ccc(C2Nc3ccccc3NC3=C2C(=O)CC(c2ccc(F)cc2)C3)cc1. The molecule has 2 unspecified atom stereocenters. The number of benzene rings is 3. The highest BCUT2D eigenvalue weighted by Gasteiger charge is 2.36. The quantitative estimate of drug-likeness (QED) is 0.549. The van der Waals surface area contributed by atoms with E-state index >= 15 is 0 Å². The number of hydrogen-bond donors (Lipinski definition) is 2. The van der Waals surface area contributed by atoms with Crippen molar-refractivity contribution in [1.82, 2.24) is 0 Å². The molecule has 3 aromatic rings. The lowest BCUT2D eigenvalue weighted by Gasteiger charge is -2.30. The van der Waals surface area contributed by atoms with Crippen LogP contribution in [0.5, 0.6) is 0 Å². The summed E-state index contributed by atoms with van der Waals surface area (Å²) in [5.74, 6) is -0.116. The third kappa shape index (κ3) is 3.75. The summed E-state index contributed by atoms with van der Waals surface area (Å²) in [4.78, 5) is 15.6.